The molecule has 0 amide bonds. The van der Waals surface area contributed by atoms with E-state index in [1.54, 1.807) is 0 Å². The van der Waals surface area contributed by atoms with Crippen LogP contribution in [0.25, 0.3) is 0 Å². The van der Waals surface area contributed by atoms with Gasteiger partial charge in [0, 0.05) is 11.6 Å². The SMILES string of the molecule is C=C(C)CCC(NN)C(C)(C)N1CCCCC1. The van der Waals surface area contributed by atoms with Gasteiger partial charge in [-0.1, -0.05) is 12.0 Å². The van der Waals surface area contributed by atoms with Gasteiger partial charge in [-0.25, -0.2) is 0 Å². The van der Waals surface area contributed by atoms with Crippen molar-refractivity contribution in [1.29, 1.82) is 0 Å². The largest absolute Gasteiger partial charge is 0.297 e. The molecular weight excluding hydrogens is 210 g/mol. The summed E-state index contributed by atoms with van der Waals surface area (Å²) in [5, 5.41) is 0. The third kappa shape index (κ3) is 4.09. The zero-order valence-electron chi connectivity index (χ0n) is 11.8. The minimum Gasteiger partial charge on any atom is -0.297 e. The van der Waals surface area contributed by atoms with Gasteiger partial charge in [-0.3, -0.25) is 16.2 Å². The standard InChI is InChI=1S/C14H29N3/c1-12(2)8-9-13(16-15)14(3,4)17-10-6-5-7-11-17/h13,16H,1,5-11,15H2,2-4H3. The fourth-order valence-corrected chi connectivity index (χ4v) is 2.72. The molecule has 1 unspecified atom stereocenters. The second-order valence-electron chi connectivity index (χ2n) is 5.92. The highest BCUT2D eigenvalue weighted by Crippen LogP contribution is 2.26. The zero-order chi connectivity index (χ0) is 12.9. The summed E-state index contributed by atoms with van der Waals surface area (Å²) >= 11 is 0. The average Bonchev–Trinajstić information content (AvgIpc) is 2.30. The first-order valence-electron chi connectivity index (χ1n) is 6.84. The molecule has 1 atom stereocenters. The van der Waals surface area contributed by atoms with E-state index in [4.69, 9.17) is 5.84 Å². The molecule has 0 aromatic carbocycles. The Morgan fingerprint density at radius 3 is 2.41 bits per heavy atom. The Hall–Kier alpha value is -0.380. The van der Waals surface area contributed by atoms with Crippen LogP contribution >= 0.6 is 0 Å². The first kappa shape index (κ1) is 14.7. The monoisotopic (exact) mass is 239 g/mol. The summed E-state index contributed by atoms with van der Waals surface area (Å²) < 4.78 is 0. The van der Waals surface area contributed by atoms with Crippen LogP contribution in [0, 0.1) is 0 Å². The summed E-state index contributed by atoms with van der Waals surface area (Å²) in [6.45, 7) is 13.1. The Kier molecular flexibility index (Phi) is 5.63. The summed E-state index contributed by atoms with van der Waals surface area (Å²) in [7, 11) is 0. The van der Waals surface area contributed by atoms with Crippen molar-refractivity contribution in [3.8, 4) is 0 Å². The molecule has 1 fully saturated rings. The van der Waals surface area contributed by atoms with Crippen LogP contribution in [0.15, 0.2) is 12.2 Å². The lowest BCUT2D eigenvalue weighted by Crippen LogP contribution is -2.60. The van der Waals surface area contributed by atoms with E-state index in [2.05, 4.69) is 37.7 Å². The van der Waals surface area contributed by atoms with Crippen LogP contribution < -0.4 is 11.3 Å². The Balaban J connectivity index is 2.59. The Morgan fingerprint density at radius 1 is 1.35 bits per heavy atom. The molecule has 0 aliphatic carbocycles. The Labute approximate surface area is 106 Å². The summed E-state index contributed by atoms with van der Waals surface area (Å²) in [4.78, 5) is 2.58. The number of likely N-dealkylation sites (tertiary alicyclic amines) is 1. The maximum Gasteiger partial charge on any atom is 0.0392 e. The van der Waals surface area contributed by atoms with Gasteiger partial charge < -0.3 is 0 Å². The van der Waals surface area contributed by atoms with Gasteiger partial charge >= 0.3 is 0 Å². The molecule has 0 aromatic heterocycles. The number of allylic oxidation sites excluding steroid dienone is 1. The van der Waals surface area contributed by atoms with Crippen LogP contribution in [-0.4, -0.2) is 29.6 Å². The summed E-state index contributed by atoms with van der Waals surface area (Å²) in [5.41, 5.74) is 4.38. The van der Waals surface area contributed by atoms with Crippen LogP contribution in [0.5, 0.6) is 0 Å². The second kappa shape index (κ2) is 6.53. The van der Waals surface area contributed by atoms with E-state index in [0.29, 0.717) is 6.04 Å². The molecule has 1 rings (SSSR count). The molecule has 3 heteroatoms. The molecular formula is C14H29N3. The number of piperidine rings is 1. The second-order valence-corrected chi connectivity index (χ2v) is 5.92. The van der Waals surface area contributed by atoms with E-state index in [1.807, 2.05) is 0 Å². The number of nitrogens with one attached hydrogen (secondary N) is 1. The van der Waals surface area contributed by atoms with E-state index < -0.39 is 0 Å². The Bertz CT molecular complexity index is 242. The van der Waals surface area contributed by atoms with E-state index in [1.165, 1.54) is 37.9 Å². The highest BCUT2D eigenvalue weighted by molar-refractivity contribution is 4.97. The van der Waals surface area contributed by atoms with Crippen molar-refractivity contribution in [3.05, 3.63) is 12.2 Å². The van der Waals surface area contributed by atoms with Crippen molar-refractivity contribution in [2.75, 3.05) is 13.1 Å². The number of hydrogen-bond acceptors (Lipinski definition) is 3. The molecule has 0 spiro atoms. The first-order valence-corrected chi connectivity index (χ1v) is 6.84. The van der Waals surface area contributed by atoms with Crippen LogP contribution in [0.3, 0.4) is 0 Å². The average molecular weight is 239 g/mol. The van der Waals surface area contributed by atoms with Crippen molar-refractivity contribution in [2.24, 2.45) is 5.84 Å². The van der Waals surface area contributed by atoms with Crippen molar-refractivity contribution in [1.82, 2.24) is 10.3 Å². The van der Waals surface area contributed by atoms with Gasteiger partial charge in [0.15, 0.2) is 0 Å². The van der Waals surface area contributed by atoms with Crippen molar-refractivity contribution >= 4 is 0 Å². The normalized spacial score (nSPS) is 20.2. The molecule has 17 heavy (non-hydrogen) atoms. The van der Waals surface area contributed by atoms with E-state index in [9.17, 15) is 0 Å². The van der Waals surface area contributed by atoms with E-state index in [-0.39, 0.29) is 5.54 Å². The van der Waals surface area contributed by atoms with Crippen LogP contribution in [0.4, 0.5) is 0 Å². The summed E-state index contributed by atoms with van der Waals surface area (Å²) in [6.07, 6.45) is 6.13. The summed E-state index contributed by atoms with van der Waals surface area (Å²) in [6, 6.07) is 0.331. The number of hydrazine groups is 1. The molecule has 1 heterocycles. The van der Waals surface area contributed by atoms with Gasteiger partial charge in [-0.15, -0.1) is 6.58 Å². The lowest BCUT2D eigenvalue weighted by atomic mass is 9.87. The third-order valence-corrected chi connectivity index (χ3v) is 4.08. The zero-order valence-corrected chi connectivity index (χ0v) is 11.8. The fraction of sp³-hybridized carbons (Fsp3) is 0.857. The smallest absolute Gasteiger partial charge is 0.0392 e. The van der Waals surface area contributed by atoms with Crippen LogP contribution in [0.2, 0.25) is 0 Å². The van der Waals surface area contributed by atoms with Gasteiger partial charge in [-0.2, -0.15) is 0 Å². The minimum absolute atomic E-state index is 0.130. The van der Waals surface area contributed by atoms with E-state index >= 15 is 0 Å². The fourth-order valence-electron chi connectivity index (χ4n) is 2.72. The molecule has 1 aliphatic heterocycles. The lowest BCUT2D eigenvalue weighted by molar-refractivity contribution is 0.0583. The van der Waals surface area contributed by atoms with Crippen molar-refractivity contribution < 1.29 is 0 Å². The highest BCUT2D eigenvalue weighted by atomic mass is 15.3. The van der Waals surface area contributed by atoms with Gasteiger partial charge in [0.25, 0.3) is 0 Å². The predicted octanol–water partition coefficient (Wildman–Crippen LogP) is 2.44. The molecule has 1 saturated heterocycles. The maximum absolute atomic E-state index is 5.75. The molecule has 1 aliphatic rings. The van der Waals surface area contributed by atoms with Crippen molar-refractivity contribution in [3.63, 3.8) is 0 Å². The third-order valence-electron chi connectivity index (χ3n) is 4.08. The molecule has 0 radical (unpaired) electrons. The predicted molar refractivity (Wildman–Crippen MR) is 74.7 cm³/mol. The quantitative estimate of drug-likeness (QED) is 0.425. The molecule has 0 aromatic rings. The minimum atomic E-state index is 0.130. The van der Waals surface area contributed by atoms with Gasteiger partial charge in [0.05, 0.1) is 0 Å². The maximum atomic E-state index is 5.75. The number of nitrogens with two attached hydrogens (primary N) is 1. The van der Waals surface area contributed by atoms with Crippen LogP contribution in [-0.2, 0) is 0 Å². The summed E-state index contributed by atoms with van der Waals surface area (Å²) in [5.74, 6) is 5.75. The van der Waals surface area contributed by atoms with Crippen molar-refractivity contribution in [2.45, 2.75) is 64.5 Å². The Morgan fingerprint density at radius 2 is 1.94 bits per heavy atom. The van der Waals surface area contributed by atoms with Gasteiger partial charge in [-0.05, 0) is 59.5 Å². The first-order chi connectivity index (χ1) is 7.98. The van der Waals surface area contributed by atoms with Gasteiger partial charge in [0.2, 0.25) is 0 Å². The number of hydrogen-bond donors (Lipinski definition) is 2. The van der Waals surface area contributed by atoms with Gasteiger partial charge in [0.1, 0.15) is 0 Å². The van der Waals surface area contributed by atoms with Crippen LogP contribution in [0.1, 0.15) is 52.9 Å². The number of nitrogens with zero attached hydrogens (tertiary/aromatic N) is 1. The topological polar surface area (TPSA) is 41.3 Å². The molecule has 100 valence electrons. The highest BCUT2D eigenvalue weighted by Gasteiger charge is 2.34. The number of rotatable bonds is 6. The van der Waals surface area contributed by atoms with E-state index in [0.717, 1.165) is 12.8 Å². The molecule has 3 N–H and O–H groups in total. The lowest BCUT2D eigenvalue weighted by Gasteiger charge is -2.46. The molecule has 0 bridgehead atoms. The molecule has 0 saturated carbocycles. The molecule has 3 nitrogen and oxygen atoms in total.